The Morgan fingerprint density at radius 2 is 2.06 bits per heavy atom. The molecule has 0 bridgehead atoms. The summed E-state index contributed by atoms with van der Waals surface area (Å²) in [6.07, 6.45) is 0.342. The summed E-state index contributed by atoms with van der Waals surface area (Å²) in [5.74, 6) is -0.399. The predicted molar refractivity (Wildman–Crippen MR) is 56.0 cm³/mol. The Hall–Kier alpha value is -1.03. The Labute approximate surface area is 92.7 Å². The zero-order valence-corrected chi connectivity index (χ0v) is 8.85. The first-order chi connectivity index (χ1) is 7.68. The second kappa shape index (κ2) is 4.87. The number of halogens is 3. The molecule has 1 aromatic carbocycles. The standard InChI is InChI=1S/C12H14F3N/c13-10-5-4-8(12(14)15)7-9(10)11-3-1-2-6-16-11/h4-5,7,11-12,16H,1-3,6H2. The Kier molecular flexibility index (Phi) is 3.49. The first-order valence-corrected chi connectivity index (χ1v) is 5.49. The summed E-state index contributed by atoms with van der Waals surface area (Å²) in [5, 5.41) is 3.16. The lowest BCUT2D eigenvalue weighted by atomic mass is 9.96. The molecule has 0 spiro atoms. The highest BCUT2D eigenvalue weighted by Crippen LogP contribution is 2.28. The van der Waals surface area contributed by atoms with Crippen LogP contribution >= 0.6 is 0 Å². The van der Waals surface area contributed by atoms with Crippen molar-refractivity contribution in [1.82, 2.24) is 5.32 Å². The van der Waals surface area contributed by atoms with Gasteiger partial charge in [0.2, 0.25) is 0 Å². The van der Waals surface area contributed by atoms with Crippen LogP contribution in [0.4, 0.5) is 13.2 Å². The first kappa shape index (κ1) is 11.5. The van der Waals surface area contributed by atoms with Gasteiger partial charge < -0.3 is 5.32 Å². The van der Waals surface area contributed by atoms with Crippen molar-refractivity contribution in [2.75, 3.05) is 6.54 Å². The topological polar surface area (TPSA) is 12.0 Å². The van der Waals surface area contributed by atoms with Gasteiger partial charge in [-0.15, -0.1) is 0 Å². The van der Waals surface area contributed by atoms with Gasteiger partial charge in [-0.2, -0.15) is 0 Å². The van der Waals surface area contributed by atoms with Gasteiger partial charge in [0, 0.05) is 17.2 Å². The molecule has 1 atom stereocenters. The van der Waals surface area contributed by atoms with Crippen molar-refractivity contribution >= 4 is 0 Å². The van der Waals surface area contributed by atoms with E-state index in [4.69, 9.17) is 0 Å². The van der Waals surface area contributed by atoms with E-state index in [2.05, 4.69) is 5.32 Å². The van der Waals surface area contributed by atoms with Crippen LogP contribution in [-0.2, 0) is 0 Å². The van der Waals surface area contributed by atoms with Crippen molar-refractivity contribution in [3.63, 3.8) is 0 Å². The van der Waals surface area contributed by atoms with Crippen molar-refractivity contribution in [2.24, 2.45) is 0 Å². The highest BCUT2D eigenvalue weighted by Gasteiger charge is 2.20. The highest BCUT2D eigenvalue weighted by atomic mass is 19.3. The van der Waals surface area contributed by atoms with Crippen LogP contribution in [-0.4, -0.2) is 6.54 Å². The summed E-state index contributed by atoms with van der Waals surface area (Å²) in [6, 6.07) is 3.44. The quantitative estimate of drug-likeness (QED) is 0.817. The minimum atomic E-state index is -2.54. The Bertz CT molecular complexity index is 359. The molecule has 2 rings (SSSR count). The van der Waals surface area contributed by atoms with Crippen LogP contribution in [0.25, 0.3) is 0 Å². The third-order valence-electron chi connectivity index (χ3n) is 2.96. The van der Waals surface area contributed by atoms with Gasteiger partial charge in [0.1, 0.15) is 5.82 Å². The number of hydrogen-bond acceptors (Lipinski definition) is 1. The number of alkyl halides is 2. The summed E-state index contributed by atoms with van der Waals surface area (Å²) < 4.78 is 38.5. The number of nitrogens with one attached hydrogen (secondary N) is 1. The molecule has 1 aliphatic heterocycles. The van der Waals surface area contributed by atoms with Crippen molar-refractivity contribution in [3.05, 3.63) is 35.1 Å². The molecule has 1 fully saturated rings. The third-order valence-corrected chi connectivity index (χ3v) is 2.96. The van der Waals surface area contributed by atoms with Gasteiger partial charge in [0.15, 0.2) is 0 Å². The van der Waals surface area contributed by atoms with Crippen molar-refractivity contribution < 1.29 is 13.2 Å². The van der Waals surface area contributed by atoms with Gasteiger partial charge in [-0.3, -0.25) is 0 Å². The van der Waals surface area contributed by atoms with Crippen LogP contribution in [0.1, 0.15) is 42.9 Å². The van der Waals surface area contributed by atoms with E-state index in [-0.39, 0.29) is 11.6 Å². The van der Waals surface area contributed by atoms with Crippen LogP contribution in [0.3, 0.4) is 0 Å². The molecule has 1 unspecified atom stereocenters. The molecule has 1 N–H and O–H groups in total. The van der Waals surface area contributed by atoms with Crippen LogP contribution in [0.2, 0.25) is 0 Å². The molecule has 4 heteroatoms. The van der Waals surface area contributed by atoms with E-state index in [9.17, 15) is 13.2 Å². The normalized spacial score (nSPS) is 21.4. The van der Waals surface area contributed by atoms with Crippen LogP contribution in [0.15, 0.2) is 18.2 Å². The first-order valence-electron chi connectivity index (χ1n) is 5.49. The van der Waals surface area contributed by atoms with E-state index >= 15 is 0 Å². The number of piperidine rings is 1. The van der Waals surface area contributed by atoms with Crippen LogP contribution < -0.4 is 5.32 Å². The molecule has 0 radical (unpaired) electrons. The average Bonchev–Trinajstić information content (AvgIpc) is 2.30. The Balaban J connectivity index is 2.27. The Morgan fingerprint density at radius 3 is 2.69 bits per heavy atom. The van der Waals surface area contributed by atoms with E-state index < -0.39 is 12.2 Å². The minimum absolute atomic E-state index is 0.108. The molecule has 0 aliphatic carbocycles. The fourth-order valence-electron chi connectivity index (χ4n) is 2.08. The molecular weight excluding hydrogens is 215 g/mol. The molecule has 1 saturated heterocycles. The SMILES string of the molecule is Fc1ccc(C(F)F)cc1C1CCCCN1. The maximum atomic E-state index is 13.5. The lowest BCUT2D eigenvalue weighted by molar-refractivity contribution is 0.151. The zero-order chi connectivity index (χ0) is 11.5. The summed E-state index contributed by atoms with van der Waals surface area (Å²) in [7, 11) is 0. The fourth-order valence-corrected chi connectivity index (χ4v) is 2.08. The molecular formula is C12H14F3N. The van der Waals surface area contributed by atoms with Crippen molar-refractivity contribution in [1.29, 1.82) is 0 Å². The zero-order valence-electron chi connectivity index (χ0n) is 8.85. The predicted octanol–water partition coefficient (Wildman–Crippen LogP) is 3.58. The molecule has 0 aromatic heterocycles. The molecule has 0 amide bonds. The number of rotatable bonds is 2. The molecule has 1 nitrogen and oxygen atoms in total. The summed E-state index contributed by atoms with van der Waals surface area (Å²) in [5.41, 5.74) is 0.265. The van der Waals surface area contributed by atoms with E-state index in [1.807, 2.05) is 0 Å². The van der Waals surface area contributed by atoms with E-state index in [0.29, 0.717) is 5.56 Å². The molecule has 88 valence electrons. The molecule has 16 heavy (non-hydrogen) atoms. The van der Waals surface area contributed by atoms with Crippen LogP contribution in [0.5, 0.6) is 0 Å². The van der Waals surface area contributed by atoms with Gasteiger partial charge >= 0.3 is 0 Å². The maximum Gasteiger partial charge on any atom is 0.263 e. The molecule has 1 aromatic rings. The van der Waals surface area contributed by atoms with Gasteiger partial charge in [0.25, 0.3) is 6.43 Å². The van der Waals surface area contributed by atoms with E-state index in [1.165, 1.54) is 6.07 Å². The molecule has 0 saturated carbocycles. The summed E-state index contributed by atoms with van der Waals surface area (Å²) in [6.45, 7) is 0.822. The summed E-state index contributed by atoms with van der Waals surface area (Å²) >= 11 is 0. The lowest BCUT2D eigenvalue weighted by Gasteiger charge is -2.24. The number of hydrogen-bond donors (Lipinski definition) is 1. The lowest BCUT2D eigenvalue weighted by Crippen LogP contribution is -2.27. The average molecular weight is 229 g/mol. The van der Waals surface area contributed by atoms with Gasteiger partial charge in [0.05, 0.1) is 0 Å². The monoisotopic (exact) mass is 229 g/mol. The third kappa shape index (κ3) is 2.38. The van der Waals surface area contributed by atoms with Crippen molar-refractivity contribution in [3.8, 4) is 0 Å². The molecule has 1 aliphatic rings. The van der Waals surface area contributed by atoms with E-state index in [0.717, 1.165) is 37.9 Å². The second-order valence-corrected chi connectivity index (χ2v) is 4.08. The summed E-state index contributed by atoms with van der Waals surface area (Å²) in [4.78, 5) is 0. The Morgan fingerprint density at radius 1 is 1.25 bits per heavy atom. The maximum absolute atomic E-state index is 13.5. The van der Waals surface area contributed by atoms with Crippen molar-refractivity contribution in [2.45, 2.75) is 31.7 Å². The van der Waals surface area contributed by atoms with Gasteiger partial charge in [-0.05, 0) is 31.5 Å². The fraction of sp³-hybridized carbons (Fsp3) is 0.500. The van der Waals surface area contributed by atoms with E-state index in [1.54, 1.807) is 0 Å². The largest absolute Gasteiger partial charge is 0.310 e. The van der Waals surface area contributed by atoms with Gasteiger partial charge in [-0.25, -0.2) is 13.2 Å². The second-order valence-electron chi connectivity index (χ2n) is 4.08. The molecule has 1 heterocycles. The van der Waals surface area contributed by atoms with Gasteiger partial charge in [-0.1, -0.05) is 12.5 Å². The number of benzene rings is 1. The smallest absolute Gasteiger partial charge is 0.263 e. The highest BCUT2D eigenvalue weighted by molar-refractivity contribution is 5.28. The van der Waals surface area contributed by atoms with Crippen LogP contribution in [0, 0.1) is 5.82 Å². The minimum Gasteiger partial charge on any atom is -0.310 e.